The summed E-state index contributed by atoms with van der Waals surface area (Å²) < 4.78 is 11.8. The van der Waals surface area contributed by atoms with E-state index >= 15 is 0 Å². The van der Waals surface area contributed by atoms with Gasteiger partial charge in [0.15, 0.2) is 5.76 Å². The first kappa shape index (κ1) is 17.2. The molecule has 0 radical (unpaired) electrons. The Morgan fingerprint density at radius 3 is 2.70 bits per heavy atom. The second-order valence-electron chi connectivity index (χ2n) is 7.12. The van der Waals surface area contributed by atoms with Crippen LogP contribution >= 0.6 is 11.3 Å². The molecule has 3 heterocycles. The van der Waals surface area contributed by atoms with Crippen molar-refractivity contribution < 1.29 is 13.9 Å². The Balaban J connectivity index is 1.85. The van der Waals surface area contributed by atoms with Crippen LogP contribution in [-0.2, 0) is 4.79 Å². The smallest absolute Gasteiger partial charge is 0.279 e. The van der Waals surface area contributed by atoms with Gasteiger partial charge >= 0.3 is 0 Å². The molecule has 0 spiro atoms. The van der Waals surface area contributed by atoms with Crippen molar-refractivity contribution in [3.8, 4) is 16.4 Å². The molecule has 144 valence electrons. The highest BCUT2D eigenvalue weighted by Crippen LogP contribution is 2.43. The Kier molecular flexibility index (Phi) is 3.67. The van der Waals surface area contributed by atoms with Crippen molar-refractivity contribution in [2.45, 2.75) is 0 Å². The molecular weight excluding hydrogens is 394 g/mol. The molecule has 30 heavy (non-hydrogen) atoms. The van der Waals surface area contributed by atoms with Crippen LogP contribution in [0.1, 0.15) is 5.56 Å². The van der Waals surface area contributed by atoms with Gasteiger partial charge in [-0.15, -0.1) is 11.3 Å². The Morgan fingerprint density at radius 2 is 1.87 bits per heavy atom. The number of methoxy groups -OCH3 is 1. The van der Waals surface area contributed by atoms with Gasteiger partial charge in [-0.25, -0.2) is 4.99 Å². The second kappa shape index (κ2) is 6.40. The molecule has 0 bridgehead atoms. The first-order valence-electron chi connectivity index (χ1n) is 9.54. The average molecular weight is 409 g/mol. The molecule has 4 nitrogen and oxygen atoms in total. The monoisotopic (exact) mass is 409 g/mol. The summed E-state index contributed by atoms with van der Waals surface area (Å²) in [5.74, 6) is 1.22. The summed E-state index contributed by atoms with van der Waals surface area (Å²) in [7, 11) is 1.65. The number of benzene rings is 3. The van der Waals surface area contributed by atoms with Gasteiger partial charge in [-0.3, -0.25) is 4.79 Å². The predicted octanol–water partition coefficient (Wildman–Crippen LogP) is 4.68. The molecule has 1 aliphatic rings. The SMILES string of the molecule is COc1ccc2ccc3oc(-c4cccs4)c(C4=c5ccccc5=NC4=O)c3c2c1. The number of nitrogens with zero attached hydrogens (tertiary/aromatic N) is 1. The zero-order valence-corrected chi connectivity index (χ0v) is 16.8. The Morgan fingerprint density at radius 1 is 1.00 bits per heavy atom. The molecule has 1 aliphatic heterocycles. The van der Waals surface area contributed by atoms with Crippen LogP contribution in [0, 0.1) is 0 Å². The van der Waals surface area contributed by atoms with Crippen molar-refractivity contribution in [2.75, 3.05) is 7.11 Å². The van der Waals surface area contributed by atoms with E-state index in [-0.39, 0.29) is 5.91 Å². The lowest BCUT2D eigenvalue weighted by Crippen LogP contribution is -2.22. The zero-order valence-electron chi connectivity index (χ0n) is 16.0. The number of rotatable bonds is 3. The maximum absolute atomic E-state index is 13.1. The van der Waals surface area contributed by atoms with Crippen molar-refractivity contribution >= 4 is 44.6 Å². The third kappa shape index (κ3) is 2.39. The lowest BCUT2D eigenvalue weighted by molar-refractivity contribution is -0.112. The molecule has 0 saturated heterocycles. The first-order chi connectivity index (χ1) is 14.7. The number of para-hydroxylation sites is 1. The number of carbonyl (C=O) groups excluding carboxylic acids is 1. The molecule has 2 aromatic heterocycles. The minimum atomic E-state index is -0.239. The molecule has 0 fully saturated rings. The molecule has 0 aliphatic carbocycles. The van der Waals surface area contributed by atoms with E-state index in [1.54, 1.807) is 18.4 Å². The van der Waals surface area contributed by atoms with E-state index in [0.717, 1.165) is 43.2 Å². The number of fused-ring (bicyclic) bond motifs is 4. The first-order valence-corrected chi connectivity index (χ1v) is 10.4. The largest absolute Gasteiger partial charge is 0.497 e. The van der Waals surface area contributed by atoms with Gasteiger partial charge in [0.2, 0.25) is 0 Å². The van der Waals surface area contributed by atoms with Gasteiger partial charge in [-0.1, -0.05) is 36.4 Å². The molecular formula is C25H15NO3S. The summed E-state index contributed by atoms with van der Waals surface area (Å²) in [5.41, 5.74) is 2.12. The third-order valence-corrected chi connectivity index (χ3v) is 6.35. The molecule has 0 N–H and O–H groups in total. The molecule has 5 heteroatoms. The van der Waals surface area contributed by atoms with Gasteiger partial charge in [-0.05, 0) is 46.5 Å². The number of ether oxygens (including phenoxy) is 1. The Labute approximate surface area is 175 Å². The van der Waals surface area contributed by atoms with Crippen molar-refractivity contribution in [1.29, 1.82) is 0 Å². The maximum Gasteiger partial charge on any atom is 0.279 e. The van der Waals surface area contributed by atoms with Crippen LogP contribution in [0.3, 0.4) is 0 Å². The van der Waals surface area contributed by atoms with Crippen LogP contribution in [0.25, 0.3) is 38.0 Å². The van der Waals surface area contributed by atoms with Crippen LogP contribution in [0.4, 0.5) is 0 Å². The molecule has 0 saturated carbocycles. The van der Waals surface area contributed by atoms with E-state index in [1.165, 1.54) is 0 Å². The third-order valence-electron chi connectivity index (χ3n) is 5.48. The fraction of sp³-hybridized carbons (Fsp3) is 0.0400. The fourth-order valence-electron chi connectivity index (χ4n) is 4.15. The summed E-state index contributed by atoms with van der Waals surface area (Å²) in [4.78, 5) is 18.4. The van der Waals surface area contributed by atoms with E-state index in [0.29, 0.717) is 16.7 Å². The quantitative estimate of drug-likeness (QED) is 0.435. The number of amides is 1. The van der Waals surface area contributed by atoms with Crippen LogP contribution in [0.5, 0.6) is 5.75 Å². The Hall–Kier alpha value is -3.70. The van der Waals surface area contributed by atoms with E-state index in [2.05, 4.69) is 4.99 Å². The fourth-order valence-corrected chi connectivity index (χ4v) is 4.86. The van der Waals surface area contributed by atoms with Crippen molar-refractivity contribution in [3.63, 3.8) is 0 Å². The summed E-state index contributed by atoms with van der Waals surface area (Å²) in [6, 6.07) is 21.6. The minimum Gasteiger partial charge on any atom is -0.497 e. The van der Waals surface area contributed by atoms with E-state index in [1.807, 2.05) is 72.1 Å². The lowest BCUT2D eigenvalue weighted by atomic mass is 9.95. The topological polar surface area (TPSA) is 51.8 Å². The summed E-state index contributed by atoms with van der Waals surface area (Å²) in [6.45, 7) is 0. The highest BCUT2D eigenvalue weighted by molar-refractivity contribution is 7.13. The predicted molar refractivity (Wildman–Crippen MR) is 118 cm³/mol. The number of thiophene rings is 1. The molecule has 6 rings (SSSR count). The van der Waals surface area contributed by atoms with Gasteiger partial charge in [0, 0.05) is 16.2 Å². The molecule has 0 unspecified atom stereocenters. The zero-order chi connectivity index (χ0) is 20.2. The summed E-state index contributed by atoms with van der Waals surface area (Å²) in [6.07, 6.45) is 0. The van der Waals surface area contributed by atoms with Crippen LogP contribution in [0.15, 0.2) is 81.5 Å². The molecule has 1 amide bonds. The number of carbonyl (C=O) groups is 1. The van der Waals surface area contributed by atoms with Gasteiger partial charge < -0.3 is 9.15 Å². The van der Waals surface area contributed by atoms with Crippen LogP contribution in [-0.4, -0.2) is 13.0 Å². The van der Waals surface area contributed by atoms with E-state index in [9.17, 15) is 4.79 Å². The van der Waals surface area contributed by atoms with E-state index < -0.39 is 0 Å². The minimum absolute atomic E-state index is 0.239. The van der Waals surface area contributed by atoms with Crippen molar-refractivity contribution in [1.82, 2.24) is 0 Å². The standard InChI is InChI=1S/C25H15NO3S/c1-28-15-10-8-14-9-11-19-21(17(14)13-15)23(24(29-19)20-7-4-12-30-20)22-16-5-2-3-6-18(16)26-25(22)27/h2-13H,1H3. The number of hydrogen-bond acceptors (Lipinski definition) is 4. The van der Waals surface area contributed by atoms with Gasteiger partial charge in [0.1, 0.15) is 11.3 Å². The summed E-state index contributed by atoms with van der Waals surface area (Å²) >= 11 is 1.59. The molecule has 5 aromatic rings. The number of furan rings is 1. The van der Waals surface area contributed by atoms with Crippen LogP contribution < -0.4 is 15.3 Å². The molecule has 0 atom stereocenters. The Bertz CT molecular complexity index is 1590. The summed E-state index contributed by atoms with van der Waals surface area (Å²) in [5, 5.41) is 6.49. The van der Waals surface area contributed by atoms with Crippen molar-refractivity contribution in [2.24, 2.45) is 4.99 Å². The van der Waals surface area contributed by atoms with Crippen molar-refractivity contribution in [3.05, 3.63) is 88.2 Å². The van der Waals surface area contributed by atoms with Gasteiger partial charge in [0.25, 0.3) is 5.91 Å². The van der Waals surface area contributed by atoms with Gasteiger partial charge in [0.05, 0.1) is 22.9 Å². The maximum atomic E-state index is 13.1. The lowest BCUT2D eigenvalue weighted by Gasteiger charge is -2.06. The van der Waals surface area contributed by atoms with Gasteiger partial charge in [-0.2, -0.15) is 0 Å². The average Bonchev–Trinajstić information content (AvgIpc) is 3.49. The second-order valence-corrected chi connectivity index (χ2v) is 8.07. The van der Waals surface area contributed by atoms with Crippen LogP contribution in [0.2, 0.25) is 0 Å². The van der Waals surface area contributed by atoms with E-state index in [4.69, 9.17) is 9.15 Å². The highest BCUT2D eigenvalue weighted by atomic mass is 32.1. The molecule has 3 aromatic carbocycles. The highest BCUT2D eigenvalue weighted by Gasteiger charge is 2.28. The normalized spacial score (nSPS) is 13.1. The number of hydrogen-bond donors (Lipinski definition) is 0.